The second kappa shape index (κ2) is 7.44. The normalized spacial score (nSPS) is 11.2. The minimum absolute atomic E-state index is 0.210. The van der Waals surface area contributed by atoms with Gasteiger partial charge in [0.25, 0.3) is 5.91 Å². The summed E-state index contributed by atoms with van der Waals surface area (Å²) in [7, 11) is 0. The average molecular weight is 322 g/mol. The molecule has 0 aliphatic carbocycles. The Morgan fingerprint density at radius 1 is 1.13 bits per heavy atom. The van der Waals surface area contributed by atoms with Gasteiger partial charge in [-0.2, -0.15) is 5.10 Å². The molecule has 0 saturated heterocycles. The predicted molar refractivity (Wildman–Crippen MR) is 78.6 cm³/mol. The number of nitrogens with one attached hydrogen (secondary N) is 1. The molecule has 0 atom stereocenters. The number of carbonyl (C=O) groups excluding carboxylic acids is 1. The van der Waals surface area contributed by atoms with E-state index in [4.69, 9.17) is 4.74 Å². The lowest BCUT2D eigenvalue weighted by molar-refractivity contribution is -0.123. The molecular weight excluding hydrogens is 309 g/mol. The van der Waals surface area contributed by atoms with Crippen molar-refractivity contribution >= 4 is 11.6 Å². The molecule has 0 radical (unpaired) electrons. The highest BCUT2D eigenvalue weighted by molar-refractivity contribution is 5.99. The van der Waals surface area contributed by atoms with E-state index in [9.17, 15) is 18.0 Å². The van der Waals surface area contributed by atoms with Crippen molar-refractivity contribution in [2.75, 3.05) is 6.61 Å². The quantitative estimate of drug-likeness (QED) is 0.679. The Kier molecular flexibility index (Phi) is 5.35. The number of carbonyl (C=O) groups is 1. The van der Waals surface area contributed by atoms with Crippen LogP contribution in [0.15, 0.2) is 47.6 Å². The zero-order chi connectivity index (χ0) is 16.8. The van der Waals surface area contributed by atoms with Crippen molar-refractivity contribution in [2.45, 2.75) is 6.92 Å². The fourth-order valence-corrected chi connectivity index (χ4v) is 1.67. The van der Waals surface area contributed by atoms with Crippen LogP contribution in [0.4, 0.5) is 13.2 Å². The van der Waals surface area contributed by atoms with Gasteiger partial charge in [-0.3, -0.25) is 4.79 Å². The molecule has 7 heteroatoms. The maximum Gasteiger partial charge on any atom is 0.277 e. The first-order chi connectivity index (χ1) is 11.0. The van der Waals surface area contributed by atoms with E-state index >= 15 is 0 Å². The Labute approximate surface area is 130 Å². The van der Waals surface area contributed by atoms with Crippen LogP contribution in [0.2, 0.25) is 0 Å². The van der Waals surface area contributed by atoms with Gasteiger partial charge >= 0.3 is 0 Å². The summed E-state index contributed by atoms with van der Waals surface area (Å²) in [5, 5.41) is 3.77. The third kappa shape index (κ3) is 4.84. The third-order valence-corrected chi connectivity index (χ3v) is 2.85. The summed E-state index contributed by atoms with van der Waals surface area (Å²) in [6, 6.07) is 8.64. The summed E-state index contributed by atoms with van der Waals surface area (Å²) in [6.07, 6.45) is 0. The van der Waals surface area contributed by atoms with Crippen LogP contribution < -0.4 is 10.2 Å². The van der Waals surface area contributed by atoms with Crippen LogP contribution >= 0.6 is 0 Å². The molecule has 0 spiro atoms. The minimum Gasteiger partial charge on any atom is -0.484 e. The molecule has 2 rings (SSSR count). The van der Waals surface area contributed by atoms with E-state index in [0.29, 0.717) is 11.3 Å². The summed E-state index contributed by atoms with van der Waals surface area (Å²) in [5.41, 5.74) is 2.84. The largest absolute Gasteiger partial charge is 0.484 e. The Bertz CT molecular complexity index is 748. The molecule has 0 saturated carbocycles. The van der Waals surface area contributed by atoms with Crippen molar-refractivity contribution in [3.05, 3.63) is 65.5 Å². The van der Waals surface area contributed by atoms with E-state index in [1.165, 1.54) is 31.2 Å². The van der Waals surface area contributed by atoms with E-state index in [0.717, 1.165) is 18.2 Å². The van der Waals surface area contributed by atoms with Crippen LogP contribution in [0.1, 0.15) is 12.5 Å². The minimum atomic E-state index is -1.00. The molecule has 0 unspecified atom stereocenters. The Morgan fingerprint density at radius 2 is 1.91 bits per heavy atom. The number of nitrogens with zero attached hydrogens (tertiary/aromatic N) is 1. The zero-order valence-electron chi connectivity index (χ0n) is 12.1. The van der Waals surface area contributed by atoms with Crippen molar-refractivity contribution < 1.29 is 22.7 Å². The SMILES string of the molecule is C/C(=N/NC(=O)COc1cccc(F)c1)c1ccc(F)c(F)c1. The molecule has 0 bridgehead atoms. The number of hydrogen-bond acceptors (Lipinski definition) is 3. The van der Waals surface area contributed by atoms with Gasteiger partial charge < -0.3 is 4.74 Å². The number of amides is 1. The molecule has 0 aliphatic rings. The molecule has 0 fully saturated rings. The smallest absolute Gasteiger partial charge is 0.277 e. The van der Waals surface area contributed by atoms with Gasteiger partial charge in [0, 0.05) is 11.6 Å². The van der Waals surface area contributed by atoms with Crippen molar-refractivity contribution in [1.29, 1.82) is 0 Å². The third-order valence-electron chi connectivity index (χ3n) is 2.85. The van der Waals surface area contributed by atoms with Crippen LogP contribution in [-0.4, -0.2) is 18.2 Å². The molecule has 120 valence electrons. The van der Waals surface area contributed by atoms with Crippen molar-refractivity contribution in [3.8, 4) is 5.75 Å². The highest BCUT2D eigenvalue weighted by atomic mass is 19.2. The van der Waals surface area contributed by atoms with Gasteiger partial charge in [-0.1, -0.05) is 6.07 Å². The lowest BCUT2D eigenvalue weighted by Crippen LogP contribution is -2.25. The molecule has 1 amide bonds. The zero-order valence-corrected chi connectivity index (χ0v) is 12.1. The maximum absolute atomic E-state index is 13.1. The number of ether oxygens (including phenoxy) is 1. The summed E-state index contributed by atoms with van der Waals surface area (Å²) in [4.78, 5) is 11.6. The van der Waals surface area contributed by atoms with E-state index in [2.05, 4.69) is 10.5 Å². The van der Waals surface area contributed by atoms with E-state index < -0.39 is 23.4 Å². The fraction of sp³-hybridized carbons (Fsp3) is 0.125. The van der Waals surface area contributed by atoms with E-state index in [1.54, 1.807) is 0 Å². The summed E-state index contributed by atoms with van der Waals surface area (Å²) in [6.45, 7) is 1.17. The molecular formula is C16H13F3N2O2. The lowest BCUT2D eigenvalue weighted by atomic mass is 10.1. The maximum atomic E-state index is 13.1. The van der Waals surface area contributed by atoms with Crippen LogP contribution in [0.25, 0.3) is 0 Å². The molecule has 0 heterocycles. The van der Waals surface area contributed by atoms with Crippen molar-refractivity contribution in [3.63, 3.8) is 0 Å². The second-order valence-electron chi connectivity index (χ2n) is 4.61. The molecule has 23 heavy (non-hydrogen) atoms. The number of hydrogen-bond donors (Lipinski definition) is 1. The molecule has 1 N–H and O–H groups in total. The summed E-state index contributed by atoms with van der Waals surface area (Å²) < 4.78 is 44.0. The van der Waals surface area contributed by atoms with Crippen molar-refractivity contribution in [2.24, 2.45) is 5.10 Å². The number of rotatable bonds is 5. The molecule has 0 aromatic heterocycles. The number of halogens is 3. The van der Waals surface area contributed by atoms with E-state index in [1.807, 2.05) is 0 Å². The molecule has 4 nitrogen and oxygen atoms in total. The molecule has 0 aliphatic heterocycles. The second-order valence-corrected chi connectivity index (χ2v) is 4.61. The Morgan fingerprint density at radius 3 is 2.61 bits per heavy atom. The predicted octanol–water partition coefficient (Wildman–Crippen LogP) is 3.02. The molecule has 2 aromatic carbocycles. The monoisotopic (exact) mass is 322 g/mol. The number of benzene rings is 2. The first kappa shape index (κ1) is 16.5. The van der Waals surface area contributed by atoms with Gasteiger partial charge in [-0.25, -0.2) is 18.6 Å². The van der Waals surface area contributed by atoms with E-state index in [-0.39, 0.29) is 12.4 Å². The lowest BCUT2D eigenvalue weighted by Gasteiger charge is -2.06. The topological polar surface area (TPSA) is 50.7 Å². The first-order valence-electron chi connectivity index (χ1n) is 6.62. The highest BCUT2D eigenvalue weighted by Crippen LogP contribution is 2.11. The van der Waals surface area contributed by atoms with Gasteiger partial charge in [-0.05, 0) is 37.3 Å². The van der Waals surface area contributed by atoms with Crippen molar-refractivity contribution in [1.82, 2.24) is 5.43 Å². The highest BCUT2D eigenvalue weighted by Gasteiger charge is 2.06. The van der Waals surface area contributed by atoms with Crippen LogP contribution in [0, 0.1) is 17.5 Å². The molecule has 2 aromatic rings. The van der Waals surface area contributed by atoms with Crippen LogP contribution in [0.5, 0.6) is 5.75 Å². The average Bonchev–Trinajstić information content (AvgIpc) is 2.53. The standard InChI is InChI=1S/C16H13F3N2O2/c1-10(11-5-6-14(18)15(19)7-11)20-21-16(22)9-23-13-4-2-3-12(17)8-13/h2-8H,9H2,1H3,(H,21,22)/b20-10-. The van der Waals surface area contributed by atoms with Gasteiger partial charge in [-0.15, -0.1) is 0 Å². The Hall–Kier alpha value is -2.83. The summed E-state index contributed by atoms with van der Waals surface area (Å²) in [5.74, 6) is -2.81. The first-order valence-corrected chi connectivity index (χ1v) is 6.62. The van der Waals surface area contributed by atoms with Gasteiger partial charge in [0.2, 0.25) is 0 Å². The fourth-order valence-electron chi connectivity index (χ4n) is 1.67. The van der Waals surface area contributed by atoms with Crippen LogP contribution in [0.3, 0.4) is 0 Å². The number of hydrazone groups is 1. The Balaban J connectivity index is 1.90. The summed E-state index contributed by atoms with van der Waals surface area (Å²) >= 11 is 0. The van der Waals surface area contributed by atoms with Gasteiger partial charge in [0.1, 0.15) is 11.6 Å². The van der Waals surface area contributed by atoms with Gasteiger partial charge in [0.15, 0.2) is 18.2 Å². The van der Waals surface area contributed by atoms with Gasteiger partial charge in [0.05, 0.1) is 5.71 Å². The van der Waals surface area contributed by atoms with Crippen LogP contribution in [-0.2, 0) is 4.79 Å².